The Morgan fingerprint density at radius 1 is 1.47 bits per heavy atom. The van der Waals surface area contributed by atoms with Crippen LogP contribution >= 0.6 is 0 Å². The Morgan fingerprint density at radius 3 is 2.76 bits per heavy atom. The number of benzene rings is 1. The van der Waals surface area contributed by atoms with Gasteiger partial charge in [-0.1, -0.05) is 6.07 Å². The minimum atomic E-state index is -4.94. The predicted molar refractivity (Wildman–Crippen MR) is 52.2 cm³/mol. The first kappa shape index (κ1) is 12.8. The van der Waals surface area contributed by atoms with Crippen LogP contribution in [0.25, 0.3) is 0 Å². The number of hydrogen-bond acceptors (Lipinski definition) is 3. The molecular weight excluding hydrogens is 237 g/mol. The highest BCUT2D eigenvalue weighted by Gasteiger charge is 2.38. The first-order valence-corrected chi connectivity index (χ1v) is 4.41. The van der Waals surface area contributed by atoms with Gasteiger partial charge < -0.3 is 10.1 Å². The summed E-state index contributed by atoms with van der Waals surface area (Å²) < 4.78 is 40.7. The maximum absolute atomic E-state index is 12.0. The average Bonchev–Trinajstić information content (AvgIpc) is 2.25. The molecule has 1 aromatic rings. The number of rotatable bonds is 3. The normalized spacial score (nSPS) is 10.5. The topological polar surface area (TPSA) is 62.1 Å². The van der Waals surface area contributed by atoms with Crippen molar-refractivity contribution in [3.8, 4) is 11.8 Å². The number of amides is 1. The smallest absolute Gasteiger partial charge is 0.471 e. The first-order chi connectivity index (χ1) is 7.93. The summed E-state index contributed by atoms with van der Waals surface area (Å²) in [5, 5.41) is 9.93. The molecule has 1 rings (SSSR count). The molecule has 0 saturated heterocycles. The van der Waals surface area contributed by atoms with Crippen molar-refractivity contribution >= 4 is 11.6 Å². The molecule has 1 amide bonds. The molecule has 17 heavy (non-hydrogen) atoms. The van der Waals surface area contributed by atoms with Gasteiger partial charge in [-0.15, -0.1) is 0 Å². The Balaban J connectivity index is 2.73. The van der Waals surface area contributed by atoms with Gasteiger partial charge in [0.05, 0.1) is 0 Å². The molecule has 0 aromatic heterocycles. The van der Waals surface area contributed by atoms with E-state index in [1.54, 1.807) is 11.4 Å². The van der Waals surface area contributed by atoms with Crippen LogP contribution in [-0.2, 0) is 4.79 Å². The number of nitrogens with zero attached hydrogens (tertiary/aromatic N) is 1. The molecule has 0 aliphatic rings. The van der Waals surface area contributed by atoms with Gasteiger partial charge in [0.1, 0.15) is 11.8 Å². The average molecular weight is 244 g/mol. The van der Waals surface area contributed by atoms with Crippen LogP contribution in [0.1, 0.15) is 0 Å². The SMILES string of the molecule is N#CCOc1cccc(NC(=O)C(F)(F)F)c1. The molecule has 0 saturated carbocycles. The Hall–Kier alpha value is -2.23. The molecule has 0 aliphatic carbocycles. The summed E-state index contributed by atoms with van der Waals surface area (Å²) in [6.07, 6.45) is -4.94. The predicted octanol–water partition coefficient (Wildman–Crippen LogP) is 2.09. The molecule has 1 N–H and O–H groups in total. The second kappa shape index (κ2) is 5.21. The summed E-state index contributed by atoms with van der Waals surface area (Å²) in [5.41, 5.74) is -0.0530. The Labute approximate surface area is 94.6 Å². The van der Waals surface area contributed by atoms with Crippen LogP contribution in [0.2, 0.25) is 0 Å². The number of halogens is 3. The van der Waals surface area contributed by atoms with E-state index in [2.05, 4.69) is 0 Å². The van der Waals surface area contributed by atoms with E-state index in [-0.39, 0.29) is 18.0 Å². The maximum atomic E-state index is 12.0. The van der Waals surface area contributed by atoms with Crippen LogP contribution in [-0.4, -0.2) is 18.7 Å². The number of nitrogens with one attached hydrogen (secondary N) is 1. The van der Waals surface area contributed by atoms with Crippen molar-refractivity contribution < 1.29 is 22.7 Å². The van der Waals surface area contributed by atoms with Crippen LogP contribution in [0.3, 0.4) is 0 Å². The summed E-state index contributed by atoms with van der Waals surface area (Å²) in [4.78, 5) is 10.6. The zero-order valence-corrected chi connectivity index (χ0v) is 8.41. The van der Waals surface area contributed by atoms with Gasteiger partial charge in [0.15, 0.2) is 6.61 Å². The molecule has 0 fully saturated rings. The lowest BCUT2D eigenvalue weighted by molar-refractivity contribution is -0.167. The highest BCUT2D eigenvalue weighted by Crippen LogP contribution is 2.21. The van der Waals surface area contributed by atoms with Crippen molar-refractivity contribution in [2.45, 2.75) is 6.18 Å². The number of carbonyl (C=O) groups excluding carboxylic acids is 1. The second-order valence-electron chi connectivity index (χ2n) is 2.93. The third-order valence-corrected chi connectivity index (χ3v) is 1.65. The fraction of sp³-hybridized carbons (Fsp3) is 0.200. The third-order valence-electron chi connectivity index (χ3n) is 1.65. The van der Waals surface area contributed by atoms with E-state index in [0.29, 0.717) is 0 Å². The van der Waals surface area contributed by atoms with Crippen LogP contribution in [0.4, 0.5) is 18.9 Å². The molecule has 0 atom stereocenters. The fourth-order valence-electron chi connectivity index (χ4n) is 0.981. The summed E-state index contributed by atoms with van der Waals surface area (Å²) in [6, 6.07) is 7.05. The standard InChI is InChI=1S/C10H7F3N2O2/c11-10(12,13)9(16)15-7-2-1-3-8(6-7)17-5-4-14/h1-3,6H,5H2,(H,15,16). The summed E-state index contributed by atoms with van der Waals surface area (Å²) in [5.74, 6) is -1.86. The number of alkyl halides is 3. The third kappa shape index (κ3) is 4.03. The Bertz CT molecular complexity index is 452. The molecule has 0 radical (unpaired) electrons. The van der Waals surface area contributed by atoms with Crippen molar-refractivity contribution in [1.82, 2.24) is 0 Å². The number of carbonyl (C=O) groups is 1. The highest BCUT2D eigenvalue weighted by atomic mass is 19.4. The van der Waals surface area contributed by atoms with Gasteiger partial charge >= 0.3 is 12.1 Å². The van der Waals surface area contributed by atoms with Gasteiger partial charge in [-0.25, -0.2) is 0 Å². The number of ether oxygens (including phenoxy) is 1. The van der Waals surface area contributed by atoms with Crippen LogP contribution < -0.4 is 10.1 Å². The zero-order valence-electron chi connectivity index (χ0n) is 8.41. The van der Waals surface area contributed by atoms with Crippen LogP contribution in [0.15, 0.2) is 24.3 Å². The van der Waals surface area contributed by atoms with Gasteiger partial charge in [0, 0.05) is 11.8 Å². The van der Waals surface area contributed by atoms with Gasteiger partial charge in [0.25, 0.3) is 0 Å². The second-order valence-corrected chi connectivity index (χ2v) is 2.93. The minimum Gasteiger partial charge on any atom is -0.479 e. The van der Waals surface area contributed by atoms with Crippen molar-refractivity contribution in [3.63, 3.8) is 0 Å². The minimum absolute atomic E-state index is 0.0530. The first-order valence-electron chi connectivity index (χ1n) is 4.41. The maximum Gasteiger partial charge on any atom is 0.471 e. The lowest BCUT2D eigenvalue weighted by atomic mass is 10.3. The molecule has 4 nitrogen and oxygen atoms in total. The van der Waals surface area contributed by atoms with Crippen molar-refractivity contribution in [3.05, 3.63) is 24.3 Å². The lowest BCUT2D eigenvalue weighted by Crippen LogP contribution is -2.29. The van der Waals surface area contributed by atoms with Gasteiger partial charge in [-0.2, -0.15) is 18.4 Å². The molecular formula is C10H7F3N2O2. The number of nitriles is 1. The quantitative estimate of drug-likeness (QED) is 0.885. The van der Waals surface area contributed by atoms with E-state index < -0.39 is 12.1 Å². The van der Waals surface area contributed by atoms with Crippen molar-refractivity contribution in [2.24, 2.45) is 0 Å². The van der Waals surface area contributed by atoms with Gasteiger partial charge in [-0.3, -0.25) is 4.79 Å². The number of hydrogen-bond donors (Lipinski definition) is 1. The molecule has 0 unspecified atom stereocenters. The van der Waals surface area contributed by atoms with E-state index >= 15 is 0 Å². The fourth-order valence-corrected chi connectivity index (χ4v) is 0.981. The van der Waals surface area contributed by atoms with Crippen molar-refractivity contribution in [2.75, 3.05) is 11.9 Å². The Kier molecular flexibility index (Phi) is 3.93. The van der Waals surface area contributed by atoms with E-state index in [1.165, 1.54) is 24.3 Å². The van der Waals surface area contributed by atoms with E-state index in [0.717, 1.165) is 0 Å². The molecule has 1 aromatic carbocycles. The zero-order chi connectivity index (χ0) is 12.9. The molecule has 0 bridgehead atoms. The molecule has 0 aliphatic heterocycles. The van der Waals surface area contributed by atoms with Crippen LogP contribution in [0, 0.1) is 11.3 Å². The molecule has 0 heterocycles. The monoisotopic (exact) mass is 244 g/mol. The summed E-state index contributed by atoms with van der Waals surface area (Å²) in [7, 11) is 0. The van der Waals surface area contributed by atoms with Crippen molar-refractivity contribution in [1.29, 1.82) is 5.26 Å². The van der Waals surface area contributed by atoms with Gasteiger partial charge in [-0.05, 0) is 12.1 Å². The van der Waals surface area contributed by atoms with Gasteiger partial charge in [0.2, 0.25) is 0 Å². The summed E-state index contributed by atoms with van der Waals surface area (Å²) in [6.45, 7) is -0.226. The van der Waals surface area contributed by atoms with E-state index in [1.807, 2.05) is 0 Å². The summed E-state index contributed by atoms with van der Waals surface area (Å²) >= 11 is 0. The highest BCUT2D eigenvalue weighted by molar-refractivity contribution is 5.95. The van der Waals surface area contributed by atoms with Crippen LogP contribution in [0.5, 0.6) is 5.75 Å². The molecule has 90 valence electrons. The largest absolute Gasteiger partial charge is 0.479 e. The van der Waals surface area contributed by atoms with E-state index in [9.17, 15) is 18.0 Å². The number of anilines is 1. The lowest BCUT2D eigenvalue weighted by Gasteiger charge is -2.09. The molecule has 0 spiro atoms. The molecule has 7 heteroatoms. The Morgan fingerprint density at radius 2 is 2.18 bits per heavy atom. The van der Waals surface area contributed by atoms with E-state index in [4.69, 9.17) is 10.00 Å².